The van der Waals surface area contributed by atoms with Crippen molar-refractivity contribution in [3.63, 3.8) is 0 Å². The van der Waals surface area contributed by atoms with Gasteiger partial charge in [0.05, 0.1) is 10.5 Å². The Labute approximate surface area is 174 Å². The molecule has 3 N–H and O–H groups in total. The zero-order valence-electron chi connectivity index (χ0n) is 16.5. The van der Waals surface area contributed by atoms with Gasteiger partial charge in [0.15, 0.2) is 6.61 Å². The molecule has 0 heterocycles. The number of hydrazine groups is 1. The van der Waals surface area contributed by atoms with Gasteiger partial charge in [0.25, 0.3) is 11.8 Å². The predicted octanol–water partition coefficient (Wildman–Crippen LogP) is 1.38. The fraction of sp³-hybridized carbons (Fsp3) is 0.250. The monoisotopic (exact) mass is 433 g/mol. The molecule has 2 amide bonds. The zero-order valence-corrected chi connectivity index (χ0v) is 17.4. The third kappa shape index (κ3) is 6.68. The molecule has 0 aliphatic heterocycles. The van der Waals surface area contributed by atoms with Gasteiger partial charge in [0.1, 0.15) is 0 Å². The van der Waals surface area contributed by atoms with E-state index in [4.69, 9.17) is 4.74 Å². The van der Waals surface area contributed by atoms with Crippen LogP contribution in [0.1, 0.15) is 41.0 Å². The molecule has 1 atom stereocenters. The molecule has 0 bridgehead atoms. The average Bonchev–Trinajstić information content (AvgIpc) is 2.76. The summed E-state index contributed by atoms with van der Waals surface area (Å²) >= 11 is 0. The number of amides is 2. The highest BCUT2D eigenvalue weighted by molar-refractivity contribution is 7.89. The van der Waals surface area contributed by atoms with Gasteiger partial charge in [0, 0.05) is 11.6 Å². The van der Waals surface area contributed by atoms with E-state index in [1.165, 1.54) is 24.3 Å². The minimum absolute atomic E-state index is 0.0146. The Morgan fingerprint density at radius 1 is 0.933 bits per heavy atom. The second-order valence-electron chi connectivity index (χ2n) is 6.40. The van der Waals surface area contributed by atoms with E-state index in [1.807, 2.05) is 6.92 Å². The van der Waals surface area contributed by atoms with Gasteiger partial charge >= 0.3 is 5.97 Å². The van der Waals surface area contributed by atoms with Gasteiger partial charge < -0.3 is 4.74 Å². The molecule has 2 aromatic carbocycles. The van der Waals surface area contributed by atoms with Crippen LogP contribution in [0.5, 0.6) is 0 Å². The molecule has 0 saturated heterocycles. The molecule has 160 valence electrons. The first kappa shape index (κ1) is 23.0. The molecule has 1 unspecified atom stereocenters. The Bertz CT molecular complexity index is 991. The van der Waals surface area contributed by atoms with Crippen LogP contribution in [-0.2, 0) is 19.6 Å². The summed E-state index contributed by atoms with van der Waals surface area (Å²) in [4.78, 5) is 35.6. The number of carbonyl (C=O) groups is 3. The molecule has 9 nitrogen and oxygen atoms in total. The van der Waals surface area contributed by atoms with Crippen LogP contribution < -0.4 is 15.6 Å². The first-order chi connectivity index (χ1) is 14.2. The molecule has 0 aliphatic rings. The highest BCUT2D eigenvalue weighted by Crippen LogP contribution is 2.12. The van der Waals surface area contributed by atoms with Crippen molar-refractivity contribution in [2.45, 2.75) is 31.2 Å². The summed E-state index contributed by atoms with van der Waals surface area (Å²) in [5, 5.41) is 0. The summed E-state index contributed by atoms with van der Waals surface area (Å²) < 4.78 is 31.8. The van der Waals surface area contributed by atoms with Gasteiger partial charge in [0.2, 0.25) is 10.0 Å². The molecule has 0 spiro atoms. The number of sulfonamides is 1. The van der Waals surface area contributed by atoms with E-state index in [0.717, 1.165) is 0 Å². The van der Waals surface area contributed by atoms with E-state index in [2.05, 4.69) is 15.6 Å². The standard InChI is InChI=1S/C20H23N3O6S/c1-3-14(2)23-30(27,28)17-11-9-16(10-12-17)20(26)29-13-18(24)21-22-19(25)15-7-5-4-6-8-15/h4-12,14,23H,3,13H2,1-2H3,(H,21,24)(H,22,25). The lowest BCUT2D eigenvalue weighted by Gasteiger charge is -2.12. The lowest BCUT2D eigenvalue weighted by atomic mass is 10.2. The van der Waals surface area contributed by atoms with E-state index in [-0.39, 0.29) is 16.5 Å². The minimum Gasteiger partial charge on any atom is -0.452 e. The van der Waals surface area contributed by atoms with Crippen LogP contribution in [0.25, 0.3) is 0 Å². The summed E-state index contributed by atoms with van der Waals surface area (Å²) in [6.45, 7) is 2.98. The first-order valence-corrected chi connectivity index (χ1v) is 10.6. The second kappa shape index (κ2) is 10.5. The Morgan fingerprint density at radius 3 is 2.17 bits per heavy atom. The lowest BCUT2D eigenvalue weighted by molar-refractivity contribution is -0.125. The molecule has 10 heteroatoms. The van der Waals surface area contributed by atoms with Crippen LogP contribution in [0.4, 0.5) is 0 Å². The molecule has 0 saturated carbocycles. The van der Waals surface area contributed by atoms with Crippen LogP contribution in [-0.4, -0.2) is 38.9 Å². The summed E-state index contributed by atoms with van der Waals surface area (Å²) in [7, 11) is -3.68. The molecule has 0 aliphatic carbocycles. The van der Waals surface area contributed by atoms with Gasteiger partial charge in [-0.05, 0) is 49.7 Å². The number of rotatable bonds is 8. The second-order valence-corrected chi connectivity index (χ2v) is 8.11. The van der Waals surface area contributed by atoms with Crippen LogP contribution in [0.2, 0.25) is 0 Å². The quantitative estimate of drug-likeness (QED) is 0.426. The van der Waals surface area contributed by atoms with Crippen molar-refractivity contribution in [1.29, 1.82) is 0 Å². The molecule has 0 fully saturated rings. The fourth-order valence-electron chi connectivity index (χ4n) is 2.23. The number of hydrogen-bond donors (Lipinski definition) is 3. The number of hydrogen-bond acceptors (Lipinski definition) is 6. The third-order valence-corrected chi connectivity index (χ3v) is 5.66. The lowest BCUT2D eigenvalue weighted by Crippen LogP contribution is -2.43. The maximum absolute atomic E-state index is 12.2. The van der Waals surface area contributed by atoms with Crippen LogP contribution in [0, 0.1) is 0 Å². The smallest absolute Gasteiger partial charge is 0.338 e. The van der Waals surface area contributed by atoms with E-state index in [1.54, 1.807) is 37.3 Å². The van der Waals surface area contributed by atoms with Crippen LogP contribution >= 0.6 is 0 Å². The largest absolute Gasteiger partial charge is 0.452 e. The van der Waals surface area contributed by atoms with Crippen molar-refractivity contribution in [3.8, 4) is 0 Å². The van der Waals surface area contributed by atoms with Crippen molar-refractivity contribution < 1.29 is 27.5 Å². The molecule has 2 aromatic rings. The fourth-order valence-corrected chi connectivity index (χ4v) is 3.55. The summed E-state index contributed by atoms with van der Waals surface area (Å²) in [5.74, 6) is -2.05. The molecular formula is C20H23N3O6S. The van der Waals surface area contributed by atoms with Crippen molar-refractivity contribution >= 4 is 27.8 Å². The van der Waals surface area contributed by atoms with E-state index >= 15 is 0 Å². The van der Waals surface area contributed by atoms with Gasteiger partial charge in [-0.25, -0.2) is 17.9 Å². The Hall–Kier alpha value is -3.24. The Morgan fingerprint density at radius 2 is 1.57 bits per heavy atom. The Balaban J connectivity index is 1.84. The Kier molecular flexibility index (Phi) is 8.07. The van der Waals surface area contributed by atoms with E-state index in [9.17, 15) is 22.8 Å². The summed E-state index contributed by atoms with van der Waals surface area (Å²) in [6, 6.07) is 13.2. The predicted molar refractivity (Wildman–Crippen MR) is 109 cm³/mol. The van der Waals surface area contributed by atoms with Crippen molar-refractivity contribution in [2.24, 2.45) is 0 Å². The number of esters is 1. The number of benzene rings is 2. The van der Waals surface area contributed by atoms with E-state index < -0.39 is 34.4 Å². The number of nitrogens with one attached hydrogen (secondary N) is 3. The summed E-state index contributed by atoms with van der Waals surface area (Å²) in [5.41, 5.74) is 4.78. The molecule has 2 rings (SSSR count). The van der Waals surface area contributed by atoms with Gasteiger partial charge in [-0.1, -0.05) is 25.1 Å². The van der Waals surface area contributed by atoms with Crippen molar-refractivity contribution in [3.05, 3.63) is 65.7 Å². The normalized spacial score (nSPS) is 11.9. The maximum atomic E-state index is 12.2. The van der Waals surface area contributed by atoms with Crippen LogP contribution in [0.15, 0.2) is 59.5 Å². The maximum Gasteiger partial charge on any atom is 0.338 e. The highest BCUT2D eigenvalue weighted by atomic mass is 32.2. The number of ether oxygens (including phenoxy) is 1. The van der Waals surface area contributed by atoms with Gasteiger partial charge in [-0.15, -0.1) is 0 Å². The molecule has 30 heavy (non-hydrogen) atoms. The zero-order chi connectivity index (χ0) is 22.1. The van der Waals surface area contributed by atoms with Gasteiger partial charge in [-0.3, -0.25) is 20.4 Å². The van der Waals surface area contributed by atoms with Crippen molar-refractivity contribution in [2.75, 3.05) is 6.61 Å². The molecule has 0 radical (unpaired) electrons. The molecular weight excluding hydrogens is 410 g/mol. The molecule has 0 aromatic heterocycles. The van der Waals surface area contributed by atoms with Crippen LogP contribution in [0.3, 0.4) is 0 Å². The van der Waals surface area contributed by atoms with Crippen molar-refractivity contribution in [1.82, 2.24) is 15.6 Å². The number of carbonyl (C=O) groups excluding carboxylic acids is 3. The highest BCUT2D eigenvalue weighted by Gasteiger charge is 2.18. The minimum atomic E-state index is -3.68. The van der Waals surface area contributed by atoms with E-state index in [0.29, 0.717) is 12.0 Å². The SMILES string of the molecule is CCC(C)NS(=O)(=O)c1ccc(C(=O)OCC(=O)NNC(=O)c2ccccc2)cc1. The summed E-state index contributed by atoms with van der Waals surface area (Å²) in [6.07, 6.45) is 0.636. The topological polar surface area (TPSA) is 131 Å². The van der Waals surface area contributed by atoms with Gasteiger partial charge in [-0.2, -0.15) is 0 Å². The average molecular weight is 433 g/mol. The third-order valence-electron chi connectivity index (χ3n) is 4.05. The first-order valence-electron chi connectivity index (χ1n) is 9.16.